The third kappa shape index (κ3) is 2.82. The van der Waals surface area contributed by atoms with Crippen LogP contribution >= 0.6 is 11.6 Å². The van der Waals surface area contributed by atoms with Crippen molar-refractivity contribution in [3.8, 4) is 5.75 Å². The Morgan fingerprint density at radius 3 is 2.88 bits per heavy atom. The van der Waals surface area contributed by atoms with Crippen LogP contribution in [0.2, 0.25) is 5.02 Å². The van der Waals surface area contributed by atoms with Crippen LogP contribution in [0, 0.1) is 0 Å². The van der Waals surface area contributed by atoms with Gasteiger partial charge in [-0.25, -0.2) is 4.79 Å². The standard InChI is InChI=1S/C17H19ClN4O2/c18-14-1-2-16-15(9-14)22(7-8-24-16)17(23)21-5-3-12(4-6-21)13-10-19-20-11-13/h1-2,9-12H,3-8H2,(H,19,20). The van der Waals surface area contributed by atoms with Crippen molar-refractivity contribution < 1.29 is 9.53 Å². The molecule has 1 aromatic carbocycles. The second kappa shape index (κ2) is 6.36. The first-order valence-corrected chi connectivity index (χ1v) is 8.57. The van der Waals surface area contributed by atoms with Gasteiger partial charge in [-0.05, 0) is 42.5 Å². The maximum atomic E-state index is 13.0. The number of amides is 2. The summed E-state index contributed by atoms with van der Waals surface area (Å²) in [6, 6.07) is 5.44. The second-order valence-electron chi connectivity index (χ2n) is 6.19. The number of carbonyl (C=O) groups excluding carboxylic acids is 1. The Balaban J connectivity index is 1.47. The number of urea groups is 1. The number of piperidine rings is 1. The number of H-pyrrole nitrogens is 1. The molecular weight excluding hydrogens is 328 g/mol. The third-order valence-electron chi connectivity index (χ3n) is 4.77. The van der Waals surface area contributed by atoms with E-state index >= 15 is 0 Å². The highest BCUT2D eigenvalue weighted by Crippen LogP contribution is 2.35. The molecule has 126 valence electrons. The van der Waals surface area contributed by atoms with E-state index in [9.17, 15) is 4.79 Å². The van der Waals surface area contributed by atoms with Crippen molar-refractivity contribution in [1.82, 2.24) is 15.1 Å². The van der Waals surface area contributed by atoms with Crippen LogP contribution in [0.15, 0.2) is 30.6 Å². The zero-order valence-corrected chi connectivity index (χ0v) is 14.0. The number of halogens is 1. The minimum absolute atomic E-state index is 0.0347. The largest absolute Gasteiger partial charge is 0.490 e. The predicted molar refractivity (Wildman–Crippen MR) is 91.8 cm³/mol. The Morgan fingerprint density at radius 1 is 1.29 bits per heavy atom. The number of hydrogen-bond donors (Lipinski definition) is 1. The van der Waals surface area contributed by atoms with Gasteiger partial charge < -0.3 is 9.64 Å². The average Bonchev–Trinajstić information content (AvgIpc) is 3.15. The summed E-state index contributed by atoms with van der Waals surface area (Å²) in [5.41, 5.74) is 1.99. The van der Waals surface area contributed by atoms with Crippen molar-refractivity contribution in [2.45, 2.75) is 18.8 Å². The molecule has 1 aromatic heterocycles. The molecule has 2 aliphatic rings. The highest BCUT2D eigenvalue weighted by Gasteiger charge is 2.31. The topological polar surface area (TPSA) is 61.5 Å². The highest BCUT2D eigenvalue weighted by atomic mass is 35.5. The molecule has 2 aliphatic heterocycles. The third-order valence-corrected chi connectivity index (χ3v) is 5.01. The van der Waals surface area contributed by atoms with Gasteiger partial charge in [0.2, 0.25) is 0 Å². The van der Waals surface area contributed by atoms with Gasteiger partial charge in [0, 0.05) is 24.3 Å². The molecule has 0 unspecified atom stereocenters. The number of carbonyl (C=O) groups is 1. The molecule has 2 aromatic rings. The molecular formula is C17H19ClN4O2. The summed E-state index contributed by atoms with van der Waals surface area (Å²) < 4.78 is 5.63. The van der Waals surface area contributed by atoms with E-state index in [0.717, 1.165) is 31.6 Å². The molecule has 0 aliphatic carbocycles. The smallest absolute Gasteiger partial charge is 0.324 e. The van der Waals surface area contributed by atoms with E-state index in [-0.39, 0.29) is 6.03 Å². The first-order valence-electron chi connectivity index (χ1n) is 8.20. The summed E-state index contributed by atoms with van der Waals surface area (Å²) in [5, 5.41) is 7.49. The molecule has 3 heterocycles. The lowest BCUT2D eigenvalue weighted by molar-refractivity contribution is 0.184. The van der Waals surface area contributed by atoms with Crippen LogP contribution < -0.4 is 9.64 Å². The van der Waals surface area contributed by atoms with Crippen LogP contribution in [0.1, 0.15) is 24.3 Å². The molecule has 0 saturated carbocycles. The fourth-order valence-electron chi connectivity index (χ4n) is 3.45. The molecule has 6 nitrogen and oxygen atoms in total. The average molecular weight is 347 g/mol. The van der Waals surface area contributed by atoms with E-state index in [1.807, 2.05) is 23.4 Å². The summed E-state index contributed by atoms with van der Waals surface area (Å²) in [4.78, 5) is 16.7. The summed E-state index contributed by atoms with van der Waals surface area (Å²) in [7, 11) is 0. The molecule has 7 heteroatoms. The van der Waals surface area contributed by atoms with E-state index in [0.29, 0.717) is 29.8 Å². The van der Waals surface area contributed by atoms with Gasteiger partial charge >= 0.3 is 6.03 Å². The fraction of sp³-hybridized carbons (Fsp3) is 0.412. The van der Waals surface area contributed by atoms with Crippen LogP contribution in [0.25, 0.3) is 0 Å². The van der Waals surface area contributed by atoms with Crippen molar-refractivity contribution >= 4 is 23.3 Å². The molecule has 2 amide bonds. The van der Waals surface area contributed by atoms with Gasteiger partial charge in [-0.15, -0.1) is 0 Å². The SMILES string of the molecule is O=C(N1CCC(c2cn[nH]c2)CC1)N1CCOc2ccc(Cl)cc21. The Morgan fingerprint density at radius 2 is 2.12 bits per heavy atom. The maximum Gasteiger partial charge on any atom is 0.324 e. The number of fused-ring (bicyclic) bond motifs is 1. The predicted octanol–water partition coefficient (Wildman–Crippen LogP) is 3.26. The molecule has 0 bridgehead atoms. The minimum atomic E-state index is 0.0347. The molecule has 0 spiro atoms. The van der Waals surface area contributed by atoms with Crippen molar-refractivity contribution in [3.05, 3.63) is 41.2 Å². The van der Waals surface area contributed by atoms with Gasteiger partial charge in [0.05, 0.1) is 18.4 Å². The zero-order valence-electron chi connectivity index (χ0n) is 13.2. The molecule has 0 radical (unpaired) electrons. The summed E-state index contributed by atoms with van der Waals surface area (Å²) in [6.07, 6.45) is 5.74. The van der Waals surface area contributed by atoms with E-state index in [2.05, 4.69) is 10.2 Å². The number of nitrogens with zero attached hydrogens (tertiary/aromatic N) is 3. The Labute approximate surface area is 145 Å². The fourth-order valence-corrected chi connectivity index (χ4v) is 3.61. The number of hydrogen-bond acceptors (Lipinski definition) is 3. The lowest BCUT2D eigenvalue weighted by atomic mass is 9.92. The van der Waals surface area contributed by atoms with E-state index in [4.69, 9.17) is 16.3 Å². The number of aromatic amines is 1. The van der Waals surface area contributed by atoms with Gasteiger partial charge in [0.1, 0.15) is 12.4 Å². The first kappa shape index (κ1) is 15.3. The van der Waals surface area contributed by atoms with Crippen LogP contribution in [0.4, 0.5) is 10.5 Å². The summed E-state index contributed by atoms with van der Waals surface area (Å²) in [6.45, 7) is 2.56. The lowest BCUT2D eigenvalue weighted by Crippen LogP contribution is -2.49. The Hall–Kier alpha value is -2.21. The van der Waals surface area contributed by atoms with Crippen LogP contribution in [0.5, 0.6) is 5.75 Å². The van der Waals surface area contributed by atoms with Crippen LogP contribution in [0.3, 0.4) is 0 Å². The van der Waals surface area contributed by atoms with Gasteiger partial charge in [-0.1, -0.05) is 11.6 Å². The van der Waals surface area contributed by atoms with Gasteiger partial charge in [-0.3, -0.25) is 10.00 Å². The van der Waals surface area contributed by atoms with Crippen LogP contribution in [-0.4, -0.2) is 47.4 Å². The van der Waals surface area contributed by atoms with Crippen molar-refractivity contribution in [2.24, 2.45) is 0 Å². The minimum Gasteiger partial charge on any atom is -0.490 e. The van der Waals surface area contributed by atoms with E-state index in [1.165, 1.54) is 5.56 Å². The van der Waals surface area contributed by atoms with Crippen molar-refractivity contribution in [2.75, 3.05) is 31.1 Å². The normalized spacial score (nSPS) is 18.2. The molecule has 1 fully saturated rings. The summed E-state index contributed by atoms with van der Waals surface area (Å²) >= 11 is 6.09. The first-order chi connectivity index (χ1) is 11.7. The zero-order chi connectivity index (χ0) is 16.5. The number of aromatic nitrogens is 2. The number of likely N-dealkylation sites (tertiary alicyclic amines) is 1. The van der Waals surface area contributed by atoms with Gasteiger partial charge in [-0.2, -0.15) is 5.10 Å². The summed E-state index contributed by atoms with van der Waals surface area (Å²) in [5.74, 6) is 1.19. The Kier molecular flexibility index (Phi) is 4.06. The van der Waals surface area contributed by atoms with Gasteiger partial charge in [0.15, 0.2) is 0 Å². The van der Waals surface area contributed by atoms with Crippen molar-refractivity contribution in [1.29, 1.82) is 0 Å². The molecule has 0 atom stereocenters. The van der Waals surface area contributed by atoms with E-state index in [1.54, 1.807) is 17.0 Å². The number of nitrogens with one attached hydrogen (secondary N) is 1. The molecule has 1 N–H and O–H groups in total. The number of ether oxygens (including phenoxy) is 1. The maximum absolute atomic E-state index is 13.0. The molecule has 4 rings (SSSR count). The molecule has 24 heavy (non-hydrogen) atoms. The van der Waals surface area contributed by atoms with Gasteiger partial charge in [0.25, 0.3) is 0 Å². The monoisotopic (exact) mass is 346 g/mol. The second-order valence-corrected chi connectivity index (χ2v) is 6.62. The molecule has 1 saturated heterocycles. The Bertz CT molecular complexity index is 726. The lowest BCUT2D eigenvalue weighted by Gasteiger charge is -2.37. The number of anilines is 1. The van der Waals surface area contributed by atoms with E-state index < -0.39 is 0 Å². The van der Waals surface area contributed by atoms with Crippen molar-refractivity contribution in [3.63, 3.8) is 0 Å². The quantitative estimate of drug-likeness (QED) is 0.862. The number of benzene rings is 1. The number of rotatable bonds is 1. The highest BCUT2D eigenvalue weighted by molar-refractivity contribution is 6.31. The van der Waals surface area contributed by atoms with Crippen LogP contribution in [-0.2, 0) is 0 Å².